The molecule has 1 nitrogen and oxygen atoms in total. The number of pyridine rings is 1. The highest BCUT2D eigenvalue weighted by atomic mass is 35.5. The molecule has 0 saturated carbocycles. The van der Waals surface area contributed by atoms with E-state index in [0.29, 0.717) is 0 Å². The number of hydrogen-bond donors (Lipinski definition) is 0. The minimum absolute atomic E-state index is 0.751. The molecule has 1 aromatic heterocycles. The first-order valence-electron chi connectivity index (χ1n) is 6.93. The van der Waals surface area contributed by atoms with Gasteiger partial charge in [-0.15, -0.1) is 0 Å². The summed E-state index contributed by atoms with van der Waals surface area (Å²) in [6, 6.07) is 18.6. The van der Waals surface area contributed by atoms with E-state index in [9.17, 15) is 0 Å². The molecule has 1 heterocycles. The first kappa shape index (κ1) is 13.8. The molecular weight excluding hydrogens is 278 g/mol. The Kier molecular flexibility index (Phi) is 3.76. The number of benzene rings is 2. The van der Waals surface area contributed by atoms with Crippen LogP contribution in [0.4, 0.5) is 0 Å². The van der Waals surface area contributed by atoms with Crippen molar-refractivity contribution in [1.29, 1.82) is 0 Å². The minimum Gasteiger partial charge on any atom is -0.256 e. The van der Waals surface area contributed by atoms with E-state index in [1.165, 1.54) is 11.1 Å². The van der Waals surface area contributed by atoms with Crippen LogP contribution in [0.15, 0.2) is 60.8 Å². The summed E-state index contributed by atoms with van der Waals surface area (Å²) in [4.78, 5) is 4.41. The van der Waals surface area contributed by atoms with Crippen LogP contribution in [-0.2, 0) is 0 Å². The molecule has 0 aliphatic heterocycles. The first-order chi connectivity index (χ1) is 10.1. The van der Waals surface area contributed by atoms with Gasteiger partial charge >= 0.3 is 0 Å². The van der Waals surface area contributed by atoms with Gasteiger partial charge in [0.25, 0.3) is 0 Å². The van der Waals surface area contributed by atoms with E-state index in [2.05, 4.69) is 61.3 Å². The zero-order valence-corrected chi connectivity index (χ0v) is 12.9. The normalized spacial score (nSPS) is 10.6. The quantitative estimate of drug-likeness (QED) is 0.592. The molecule has 104 valence electrons. The zero-order valence-electron chi connectivity index (χ0n) is 12.1. The van der Waals surface area contributed by atoms with E-state index < -0.39 is 0 Å². The van der Waals surface area contributed by atoms with Crippen molar-refractivity contribution in [2.75, 3.05) is 0 Å². The number of rotatable bonds is 2. The van der Waals surface area contributed by atoms with Crippen molar-refractivity contribution in [2.24, 2.45) is 0 Å². The molecule has 0 spiro atoms. The monoisotopic (exact) mass is 293 g/mol. The van der Waals surface area contributed by atoms with Crippen LogP contribution in [-0.4, -0.2) is 4.98 Å². The Labute approximate surface area is 130 Å². The summed E-state index contributed by atoms with van der Waals surface area (Å²) in [6.07, 6.45) is 1.83. The highest BCUT2D eigenvalue weighted by Crippen LogP contribution is 2.32. The maximum Gasteiger partial charge on any atom is 0.0705 e. The predicted octanol–water partition coefficient (Wildman–Crippen LogP) is 5.69. The molecule has 0 bridgehead atoms. The van der Waals surface area contributed by atoms with Crippen molar-refractivity contribution in [3.8, 4) is 22.4 Å². The smallest absolute Gasteiger partial charge is 0.0705 e. The molecule has 21 heavy (non-hydrogen) atoms. The Bertz CT molecular complexity index is 793. The highest BCUT2D eigenvalue weighted by molar-refractivity contribution is 6.33. The first-order valence-corrected chi connectivity index (χ1v) is 7.31. The highest BCUT2D eigenvalue weighted by Gasteiger charge is 2.07. The predicted molar refractivity (Wildman–Crippen MR) is 89.6 cm³/mol. The SMILES string of the molecule is Cc1cccc(-c2ccc(-c3cc(C)ccn3)cc2Cl)c1. The molecule has 2 heteroatoms. The van der Waals surface area contributed by atoms with Crippen molar-refractivity contribution in [1.82, 2.24) is 4.98 Å². The van der Waals surface area contributed by atoms with Crippen LogP contribution in [0.2, 0.25) is 5.02 Å². The second-order valence-corrected chi connectivity index (χ2v) is 5.69. The fourth-order valence-corrected chi connectivity index (χ4v) is 2.70. The molecule has 0 aliphatic rings. The summed E-state index contributed by atoms with van der Waals surface area (Å²) in [5.74, 6) is 0. The van der Waals surface area contributed by atoms with E-state index >= 15 is 0 Å². The average Bonchev–Trinajstić information content (AvgIpc) is 2.47. The van der Waals surface area contributed by atoms with Crippen LogP contribution >= 0.6 is 11.6 Å². The van der Waals surface area contributed by atoms with Crippen LogP contribution in [0.5, 0.6) is 0 Å². The maximum absolute atomic E-state index is 6.48. The molecule has 0 atom stereocenters. The lowest BCUT2D eigenvalue weighted by molar-refractivity contribution is 1.29. The van der Waals surface area contributed by atoms with E-state index in [1.54, 1.807) is 0 Å². The van der Waals surface area contributed by atoms with Crippen LogP contribution in [0.25, 0.3) is 22.4 Å². The lowest BCUT2D eigenvalue weighted by atomic mass is 10.0. The van der Waals surface area contributed by atoms with E-state index in [0.717, 1.165) is 27.4 Å². The Morgan fingerprint density at radius 3 is 2.33 bits per heavy atom. The van der Waals surface area contributed by atoms with E-state index in [1.807, 2.05) is 18.3 Å². The average molecular weight is 294 g/mol. The third kappa shape index (κ3) is 2.98. The third-order valence-corrected chi connectivity index (χ3v) is 3.82. The lowest BCUT2D eigenvalue weighted by Gasteiger charge is -2.08. The molecular formula is C19H16ClN. The molecule has 3 aromatic rings. The Morgan fingerprint density at radius 2 is 1.62 bits per heavy atom. The second-order valence-electron chi connectivity index (χ2n) is 5.28. The second kappa shape index (κ2) is 5.71. The number of nitrogens with zero attached hydrogens (tertiary/aromatic N) is 1. The topological polar surface area (TPSA) is 12.9 Å². The van der Waals surface area contributed by atoms with Crippen molar-refractivity contribution < 1.29 is 0 Å². The fourth-order valence-electron chi connectivity index (χ4n) is 2.42. The Balaban J connectivity index is 2.04. The standard InChI is InChI=1S/C19H16ClN/c1-13-4-3-5-15(10-13)17-7-6-16(12-18(17)20)19-11-14(2)8-9-21-19/h3-12H,1-2H3. The van der Waals surface area contributed by atoms with Crippen molar-refractivity contribution in [3.63, 3.8) is 0 Å². The van der Waals surface area contributed by atoms with Crippen LogP contribution in [0.3, 0.4) is 0 Å². The molecule has 0 saturated heterocycles. The third-order valence-electron chi connectivity index (χ3n) is 3.51. The van der Waals surface area contributed by atoms with E-state index in [4.69, 9.17) is 11.6 Å². The summed E-state index contributed by atoms with van der Waals surface area (Å²) >= 11 is 6.48. The van der Waals surface area contributed by atoms with Gasteiger partial charge in [0.2, 0.25) is 0 Å². The maximum atomic E-state index is 6.48. The number of halogens is 1. The minimum atomic E-state index is 0.751. The van der Waals surface area contributed by atoms with Crippen molar-refractivity contribution in [3.05, 3.63) is 76.9 Å². The number of hydrogen-bond acceptors (Lipinski definition) is 1. The molecule has 0 radical (unpaired) electrons. The van der Waals surface area contributed by atoms with Gasteiger partial charge in [0, 0.05) is 22.3 Å². The molecule has 3 rings (SSSR count). The van der Waals surface area contributed by atoms with Gasteiger partial charge in [0.1, 0.15) is 0 Å². The van der Waals surface area contributed by atoms with Gasteiger partial charge < -0.3 is 0 Å². The van der Waals surface area contributed by atoms with Gasteiger partial charge in [-0.2, -0.15) is 0 Å². The van der Waals surface area contributed by atoms with Gasteiger partial charge in [-0.1, -0.05) is 53.6 Å². The summed E-state index contributed by atoms with van der Waals surface area (Å²) < 4.78 is 0. The Hall–Kier alpha value is -2.12. The van der Waals surface area contributed by atoms with E-state index in [-0.39, 0.29) is 0 Å². The van der Waals surface area contributed by atoms with Gasteiger partial charge in [0.05, 0.1) is 5.69 Å². The summed E-state index contributed by atoms with van der Waals surface area (Å²) in [7, 11) is 0. The largest absolute Gasteiger partial charge is 0.256 e. The van der Waals surface area contributed by atoms with Crippen molar-refractivity contribution >= 4 is 11.6 Å². The zero-order chi connectivity index (χ0) is 14.8. The molecule has 2 aromatic carbocycles. The van der Waals surface area contributed by atoms with Crippen LogP contribution in [0.1, 0.15) is 11.1 Å². The number of aryl methyl sites for hydroxylation is 2. The Morgan fingerprint density at radius 1 is 0.810 bits per heavy atom. The molecule has 0 N–H and O–H groups in total. The number of aromatic nitrogens is 1. The van der Waals surface area contributed by atoms with Gasteiger partial charge in [0.15, 0.2) is 0 Å². The lowest BCUT2D eigenvalue weighted by Crippen LogP contribution is -1.86. The molecule has 0 aliphatic carbocycles. The molecule has 0 fully saturated rings. The summed E-state index contributed by atoms with van der Waals surface area (Å²) in [5.41, 5.74) is 6.61. The summed E-state index contributed by atoms with van der Waals surface area (Å²) in [6.45, 7) is 4.15. The van der Waals surface area contributed by atoms with Crippen LogP contribution in [0, 0.1) is 13.8 Å². The molecule has 0 amide bonds. The van der Waals surface area contributed by atoms with Crippen LogP contribution < -0.4 is 0 Å². The van der Waals surface area contributed by atoms with Gasteiger partial charge in [-0.3, -0.25) is 4.98 Å². The van der Waals surface area contributed by atoms with Gasteiger partial charge in [-0.25, -0.2) is 0 Å². The van der Waals surface area contributed by atoms with Gasteiger partial charge in [-0.05, 0) is 43.2 Å². The molecule has 0 unspecified atom stereocenters. The van der Waals surface area contributed by atoms with Crippen molar-refractivity contribution in [2.45, 2.75) is 13.8 Å². The fraction of sp³-hybridized carbons (Fsp3) is 0.105. The summed E-state index contributed by atoms with van der Waals surface area (Å²) in [5, 5.41) is 0.751.